The van der Waals surface area contributed by atoms with Gasteiger partial charge >= 0.3 is 0 Å². The van der Waals surface area contributed by atoms with Crippen LogP contribution in [0.5, 0.6) is 0 Å². The zero-order valence-corrected chi connectivity index (χ0v) is 21.0. The topological polar surface area (TPSA) is 98.4 Å². The molecular weight excluding hydrogens is 464 g/mol. The molecule has 10 heteroatoms. The van der Waals surface area contributed by atoms with E-state index in [0.29, 0.717) is 6.04 Å². The van der Waals surface area contributed by atoms with Gasteiger partial charge in [0.05, 0.1) is 17.9 Å². The number of aromatic nitrogens is 6. The predicted molar refractivity (Wildman–Crippen MR) is 139 cm³/mol. The fraction of sp³-hybridized carbons (Fsp3) is 0.417. The first-order valence-corrected chi connectivity index (χ1v) is 13.3. The van der Waals surface area contributed by atoms with Gasteiger partial charge in [0.25, 0.3) is 0 Å². The van der Waals surface area contributed by atoms with E-state index in [1.54, 1.807) is 22.7 Å². The van der Waals surface area contributed by atoms with E-state index < -0.39 is 0 Å². The van der Waals surface area contributed by atoms with E-state index in [-0.39, 0.29) is 11.1 Å². The number of hydrogen-bond donors (Lipinski definition) is 3. The largest absolute Gasteiger partial charge is 0.348 e. The lowest BCUT2D eigenvalue weighted by Crippen LogP contribution is -2.58. The third kappa shape index (κ3) is 3.12. The Morgan fingerprint density at radius 3 is 2.47 bits per heavy atom. The number of rotatable bonds is 4. The molecule has 2 unspecified atom stereocenters. The normalized spacial score (nSPS) is 26.6. The van der Waals surface area contributed by atoms with Crippen molar-refractivity contribution in [3.8, 4) is 21.7 Å². The number of hydrogen-bond acceptors (Lipinski definition) is 8. The summed E-state index contributed by atoms with van der Waals surface area (Å²) in [5, 5.41) is 21.5. The Balaban J connectivity index is 1.21. The van der Waals surface area contributed by atoms with Crippen LogP contribution >= 0.6 is 22.7 Å². The van der Waals surface area contributed by atoms with Gasteiger partial charge in [-0.3, -0.25) is 10.2 Å². The number of nitrogens with one attached hydrogen (secondary N) is 3. The maximum Gasteiger partial charge on any atom is 0.188 e. The first-order valence-electron chi connectivity index (χ1n) is 11.6. The second-order valence-electron chi connectivity index (χ2n) is 10.4. The summed E-state index contributed by atoms with van der Waals surface area (Å²) in [6.45, 7) is 4.75. The lowest BCUT2D eigenvalue weighted by atomic mass is 9.84. The molecule has 8 nitrogen and oxygen atoms in total. The van der Waals surface area contributed by atoms with Crippen LogP contribution in [0, 0.1) is 0 Å². The molecule has 2 aliphatic rings. The van der Waals surface area contributed by atoms with E-state index >= 15 is 0 Å². The van der Waals surface area contributed by atoms with Crippen LogP contribution in [0.25, 0.3) is 42.3 Å². The smallest absolute Gasteiger partial charge is 0.188 e. The number of benzene rings is 1. The quantitative estimate of drug-likeness (QED) is 0.321. The Morgan fingerprint density at radius 2 is 1.74 bits per heavy atom. The van der Waals surface area contributed by atoms with Crippen molar-refractivity contribution in [2.75, 3.05) is 11.9 Å². The summed E-state index contributed by atoms with van der Waals surface area (Å²) in [5.41, 5.74) is 4.67. The monoisotopic (exact) mass is 490 g/mol. The average Bonchev–Trinajstić information content (AvgIpc) is 3.60. The maximum absolute atomic E-state index is 5.02. The molecule has 0 spiro atoms. The second kappa shape index (κ2) is 7.10. The number of thiazole rings is 2. The Morgan fingerprint density at radius 1 is 0.971 bits per heavy atom. The molecule has 2 bridgehead atoms. The van der Waals surface area contributed by atoms with E-state index in [0.717, 1.165) is 60.2 Å². The molecule has 7 rings (SSSR count). The number of aromatic amines is 2. The highest BCUT2D eigenvalue weighted by molar-refractivity contribution is 7.29. The molecular formula is C24H26N8S2. The van der Waals surface area contributed by atoms with E-state index in [9.17, 15) is 0 Å². The molecule has 34 heavy (non-hydrogen) atoms. The first kappa shape index (κ1) is 20.5. The van der Waals surface area contributed by atoms with Crippen LogP contribution in [0.3, 0.4) is 0 Å². The van der Waals surface area contributed by atoms with Gasteiger partial charge in [-0.15, -0.1) is 0 Å². The fourth-order valence-electron chi connectivity index (χ4n) is 6.01. The van der Waals surface area contributed by atoms with E-state index in [4.69, 9.17) is 9.97 Å². The van der Waals surface area contributed by atoms with Crippen LogP contribution in [0.4, 0.5) is 5.13 Å². The fourth-order valence-corrected chi connectivity index (χ4v) is 8.12. The summed E-state index contributed by atoms with van der Waals surface area (Å²) in [7, 11) is 2.20. The zero-order valence-electron chi connectivity index (χ0n) is 19.3. The van der Waals surface area contributed by atoms with Gasteiger partial charge < -0.3 is 10.2 Å². The molecule has 0 amide bonds. The van der Waals surface area contributed by atoms with Crippen molar-refractivity contribution in [3.63, 3.8) is 0 Å². The van der Waals surface area contributed by atoms with Gasteiger partial charge in [0.1, 0.15) is 5.01 Å². The molecule has 2 fully saturated rings. The van der Waals surface area contributed by atoms with Crippen LogP contribution in [-0.2, 0) is 0 Å². The Kier molecular flexibility index (Phi) is 4.29. The van der Waals surface area contributed by atoms with Crippen LogP contribution in [-0.4, -0.2) is 54.5 Å². The van der Waals surface area contributed by atoms with Crippen molar-refractivity contribution < 1.29 is 0 Å². The standard InChI is InChI=1S/C24H26N8S2/c1-23-6-7-24(2,31-23)9-14(8-23)32(3)22-29-21-20(34-22)28-19(33-21)16-5-4-15(13-10-25-26-11-13)17-12-27-30-18(16)17/h4-5,10-12,14,31H,6-9H2,1-3H3,(H,25,26)(H,27,30). The van der Waals surface area contributed by atoms with E-state index in [2.05, 4.69) is 63.6 Å². The minimum Gasteiger partial charge on any atom is -0.348 e. The Hall–Kier alpha value is -2.82. The number of H-pyrrole nitrogens is 2. The van der Waals surface area contributed by atoms with Gasteiger partial charge in [0.2, 0.25) is 0 Å². The summed E-state index contributed by atoms with van der Waals surface area (Å²) >= 11 is 3.35. The number of piperidine rings is 1. The lowest BCUT2D eigenvalue weighted by Gasteiger charge is -2.45. The van der Waals surface area contributed by atoms with Gasteiger partial charge in [-0.2, -0.15) is 10.2 Å². The van der Waals surface area contributed by atoms with Crippen molar-refractivity contribution in [2.45, 2.75) is 56.7 Å². The molecule has 4 aromatic heterocycles. The Bertz CT molecular complexity index is 1470. The summed E-state index contributed by atoms with van der Waals surface area (Å²) in [6, 6.07) is 4.73. The minimum atomic E-state index is 0.240. The minimum absolute atomic E-state index is 0.240. The molecule has 5 aromatic rings. The van der Waals surface area contributed by atoms with Crippen molar-refractivity contribution >= 4 is 48.4 Å². The van der Waals surface area contributed by atoms with Gasteiger partial charge in [-0.05, 0) is 51.2 Å². The van der Waals surface area contributed by atoms with Gasteiger partial charge in [0, 0.05) is 46.9 Å². The zero-order chi connectivity index (χ0) is 23.1. The molecule has 2 saturated heterocycles. The van der Waals surface area contributed by atoms with E-state index in [1.807, 2.05) is 18.6 Å². The van der Waals surface area contributed by atoms with Crippen LogP contribution in [0.15, 0.2) is 30.7 Å². The molecule has 1 aromatic carbocycles. The molecule has 6 heterocycles. The summed E-state index contributed by atoms with van der Waals surface area (Å²) in [5.74, 6) is 0. The summed E-state index contributed by atoms with van der Waals surface area (Å²) in [6.07, 6.45) is 10.4. The van der Waals surface area contributed by atoms with Crippen LogP contribution in [0.2, 0.25) is 0 Å². The highest BCUT2D eigenvalue weighted by Crippen LogP contribution is 2.45. The van der Waals surface area contributed by atoms with Crippen molar-refractivity contribution in [2.24, 2.45) is 0 Å². The third-order valence-electron chi connectivity index (χ3n) is 7.67. The van der Waals surface area contributed by atoms with Crippen molar-refractivity contribution in [1.29, 1.82) is 0 Å². The van der Waals surface area contributed by atoms with E-state index in [1.165, 1.54) is 12.8 Å². The molecule has 0 radical (unpaired) electrons. The third-order valence-corrected chi connectivity index (χ3v) is 9.83. The van der Waals surface area contributed by atoms with Crippen molar-refractivity contribution in [1.82, 2.24) is 35.7 Å². The molecule has 0 aliphatic carbocycles. The molecule has 2 atom stereocenters. The molecule has 3 N–H and O–H groups in total. The highest BCUT2D eigenvalue weighted by Gasteiger charge is 2.49. The average molecular weight is 491 g/mol. The van der Waals surface area contributed by atoms with Gasteiger partial charge in [-0.1, -0.05) is 28.7 Å². The first-order chi connectivity index (χ1) is 16.4. The van der Waals surface area contributed by atoms with Gasteiger partial charge in [0.15, 0.2) is 14.8 Å². The molecule has 174 valence electrons. The number of nitrogens with zero attached hydrogens (tertiary/aromatic N) is 5. The molecule has 0 saturated carbocycles. The number of anilines is 1. The molecule has 2 aliphatic heterocycles. The second-order valence-corrected chi connectivity index (χ2v) is 12.3. The lowest BCUT2D eigenvalue weighted by molar-refractivity contribution is 0.208. The number of fused-ring (bicyclic) bond motifs is 4. The maximum atomic E-state index is 5.02. The summed E-state index contributed by atoms with van der Waals surface area (Å²) in [4.78, 5) is 14.4. The Labute approximate surface area is 204 Å². The van der Waals surface area contributed by atoms with Gasteiger partial charge in [-0.25, -0.2) is 9.97 Å². The SMILES string of the molecule is CN(c1nc2sc(-c3ccc(-c4cn[nH]c4)c4cn[nH]c34)nc2s1)C1CC2(C)CCC(C)(C1)N2. The predicted octanol–water partition coefficient (Wildman–Crippen LogP) is 5.19. The highest BCUT2D eigenvalue weighted by atomic mass is 32.1. The van der Waals surface area contributed by atoms with Crippen LogP contribution < -0.4 is 10.2 Å². The van der Waals surface area contributed by atoms with Crippen LogP contribution in [0.1, 0.15) is 39.5 Å². The summed E-state index contributed by atoms with van der Waals surface area (Å²) < 4.78 is 0. The van der Waals surface area contributed by atoms with Crippen molar-refractivity contribution in [3.05, 3.63) is 30.7 Å².